The minimum absolute atomic E-state index is 0.184. The molecule has 0 aliphatic heterocycles. The van der Waals surface area contributed by atoms with Crippen molar-refractivity contribution in [1.29, 1.82) is 0 Å². The average Bonchev–Trinajstić information content (AvgIpc) is 2.30. The van der Waals surface area contributed by atoms with Gasteiger partial charge in [-0.3, -0.25) is 0 Å². The van der Waals surface area contributed by atoms with E-state index in [1.54, 1.807) is 24.3 Å². The first-order chi connectivity index (χ1) is 7.75. The normalized spacial score (nSPS) is 10.4. The maximum Gasteiger partial charge on any atom is 0.336 e. The second-order valence-electron chi connectivity index (χ2n) is 2.98. The molecule has 0 spiro atoms. The predicted octanol–water partition coefficient (Wildman–Crippen LogP) is 1.80. The number of carboxylic acid groups (broad SMARTS) is 1. The summed E-state index contributed by atoms with van der Waals surface area (Å²) < 4.78 is 4.74. The molecule has 1 rings (SSSR count). The van der Waals surface area contributed by atoms with Gasteiger partial charge in [-0.2, -0.15) is 0 Å². The Labute approximate surface area is 94.4 Å². The molecule has 0 fully saturated rings. The predicted molar refractivity (Wildman–Crippen MR) is 61.7 cm³/mol. The molecule has 0 saturated heterocycles. The first-order valence-corrected chi connectivity index (χ1v) is 4.72. The number of ether oxygens (including phenoxy) is 1. The van der Waals surface area contributed by atoms with Crippen molar-refractivity contribution in [2.75, 3.05) is 13.7 Å². The highest BCUT2D eigenvalue weighted by atomic mass is 16.5. The third kappa shape index (κ3) is 3.60. The SMILES string of the molecule is COCC#C/C=C(/C(=O)O)c1ccccc1. The molecule has 1 aromatic carbocycles. The molecule has 0 saturated carbocycles. The summed E-state index contributed by atoms with van der Waals surface area (Å²) in [5.41, 5.74) is 0.825. The summed E-state index contributed by atoms with van der Waals surface area (Å²) in [6.45, 7) is 0.290. The monoisotopic (exact) mass is 216 g/mol. The first-order valence-electron chi connectivity index (χ1n) is 4.72. The molecule has 16 heavy (non-hydrogen) atoms. The zero-order chi connectivity index (χ0) is 11.8. The second-order valence-corrected chi connectivity index (χ2v) is 2.98. The van der Waals surface area contributed by atoms with Crippen LogP contribution in [0.15, 0.2) is 36.4 Å². The van der Waals surface area contributed by atoms with Gasteiger partial charge in [-0.1, -0.05) is 42.2 Å². The van der Waals surface area contributed by atoms with E-state index in [0.29, 0.717) is 5.56 Å². The van der Waals surface area contributed by atoms with Crippen LogP contribution in [0.25, 0.3) is 5.57 Å². The second kappa shape index (κ2) is 6.44. The van der Waals surface area contributed by atoms with Crippen molar-refractivity contribution in [1.82, 2.24) is 0 Å². The lowest BCUT2D eigenvalue weighted by atomic mass is 10.1. The number of benzene rings is 1. The van der Waals surface area contributed by atoms with Crippen molar-refractivity contribution in [3.05, 3.63) is 42.0 Å². The molecule has 0 atom stereocenters. The van der Waals surface area contributed by atoms with Gasteiger partial charge < -0.3 is 9.84 Å². The summed E-state index contributed by atoms with van der Waals surface area (Å²) in [5, 5.41) is 9.02. The van der Waals surface area contributed by atoms with Crippen LogP contribution >= 0.6 is 0 Å². The summed E-state index contributed by atoms with van der Waals surface area (Å²) in [6.07, 6.45) is 1.39. The van der Waals surface area contributed by atoms with E-state index < -0.39 is 5.97 Å². The topological polar surface area (TPSA) is 46.5 Å². The molecule has 1 aromatic rings. The molecule has 82 valence electrons. The fourth-order valence-corrected chi connectivity index (χ4v) is 1.12. The van der Waals surface area contributed by atoms with Crippen molar-refractivity contribution in [2.24, 2.45) is 0 Å². The molecular weight excluding hydrogens is 204 g/mol. The number of rotatable bonds is 3. The van der Waals surface area contributed by atoms with E-state index in [1.165, 1.54) is 13.2 Å². The van der Waals surface area contributed by atoms with Crippen LogP contribution in [0.1, 0.15) is 5.56 Å². The minimum Gasteiger partial charge on any atom is -0.478 e. The van der Waals surface area contributed by atoms with Gasteiger partial charge in [0.15, 0.2) is 0 Å². The number of carbonyl (C=O) groups is 1. The van der Waals surface area contributed by atoms with Gasteiger partial charge in [-0.05, 0) is 5.56 Å². The Kier molecular flexibility index (Phi) is 4.84. The van der Waals surface area contributed by atoms with Crippen molar-refractivity contribution in [2.45, 2.75) is 0 Å². The summed E-state index contributed by atoms with van der Waals surface area (Å²) in [5.74, 6) is 4.34. The number of hydrogen-bond donors (Lipinski definition) is 1. The van der Waals surface area contributed by atoms with Gasteiger partial charge in [0, 0.05) is 13.2 Å². The lowest BCUT2D eigenvalue weighted by Gasteiger charge is -1.99. The number of methoxy groups -OCH3 is 1. The smallest absolute Gasteiger partial charge is 0.336 e. The number of allylic oxidation sites excluding steroid dienone is 1. The van der Waals surface area contributed by atoms with E-state index in [2.05, 4.69) is 11.8 Å². The molecule has 0 radical (unpaired) electrons. The molecule has 3 nitrogen and oxygen atoms in total. The lowest BCUT2D eigenvalue weighted by Crippen LogP contribution is -1.99. The molecule has 0 aliphatic rings. The van der Waals surface area contributed by atoms with Crippen LogP contribution in [0.2, 0.25) is 0 Å². The van der Waals surface area contributed by atoms with Crippen LogP contribution < -0.4 is 0 Å². The highest BCUT2D eigenvalue weighted by molar-refractivity contribution is 6.15. The van der Waals surface area contributed by atoms with E-state index in [0.717, 1.165) is 0 Å². The maximum atomic E-state index is 11.0. The van der Waals surface area contributed by atoms with E-state index in [-0.39, 0.29) is 12.2 Å². The third-order valence-corrected chi connectivity index (χ3v) is 1.85. The Balaban J connectivity index is 2.94. The van der Waals surface area contributed by atoms with Crippen molar-refractivity contribution < 1.29 is 14.6 Å². The fraction of sp³-hybridized carbons (Fsp3) is 0.154. The number of aliphatic carboxylic acids is 1. The molecule has 0 unspecified atom stereocenters. The first kappa shape index (κ1) is 12.0. The zero-order valence-electron chi connectivity index (χ0n) is 8.93. The fourth-order valence-electron chi connectivity index (χ4n) is 1.12. The average molecular weight is 216 g/mol. The van der Waals surface area contributed by atoms with Crippen molar-refractivity contribution in [3.63, 3.8) is 0 Å². The Morgan fingerprint density at radius 1 is 1.44 bits per heavy atom. The summed E-state index contributed by atoms with van der Waals surface area (Å²) in [6, 6.07) is 8.87. The number of carboxylic acids is 1. The van der Waals surface area contributed by atoms with Gasteiger partial charge in [0.05, 0.1) is 5.57 Å². The van der Waals surface area contributed by atoms with Gasteiger partial charge >= 0.3 is 5.97 Å². The zero-order valence-corrected chi connectivity index (χ0v) is 8.93. The van der Waals surface area contributed by atoms with E-state index >= 15 is 0 Å². The highest BCUT2D eigenvalue weighted by Crippen LogP contribution is 2.13. The Morgan fingerprint density at radius 3 is 2.69 bits per heavy atom. The lowest BCUT2D eigenvalue weighted by molar-refractivity contribution is -0.130. The van der Waals surface area contributed by atoms with Gasteiger partial charge in [-0.25, -0.2) is 4.79 Å². The Morgan fingerprint density at radius 2 is 2.12 bits per heavy atom. The maximum absolute atomic E-state index is 11.0. The van der Waals surface area contributed by atoms with Crippen LogP contribution in [0.5, 0.6) is 0 Å². The third-order valence-electron chi connectivity index (χ3n) is 1.85. The van der Waals surface area contributed by atoms with Crippen LogP contribution in [0, 0.1) is 11.8 Å². The molecular formula is C13H12O3. The summed E-state index contributed by atoms with van der Waals surface area (Å²) in [7, 11) is 1.54. The van der Waals surface area contributed by atoms with Crippen molar-refractivity contribution >= 4 is 11.5 Å². The van der Waals surface area contributed by atoms with E-state index in [9.17, 15) is 4.79 Å². The molecule has 0 bridgehead atoms. The van der Waals surface area contributed by atoms with E-state index in [1.807, 2.05) is 6.07 Å². The molecule has 0 aliphatic carbocycles. The summed E-state index contributed by atoms with van der Waals surface area (Å²) in [4.78, 5) is 11.0. The molecule has 1 N–H and O–H groups in total. The summed E-state index contributed by atoms with van der Waals surface area (Å²) >= 11 is 0. The van der Waals surface area contributed by atoms with Crippen LogP contribution in [-0.4, -0.2) is 24.8 Å². The van der Waals surface area contributed by atoms with Gasteiger partial charge in [0.25, 0.3) is 0 Å². The molecule has 0 amide bonds. The molecule has 0 aromatic heterocycles. The van der Waals surface area contributed by atoms with Gasteiger partial charge in [0.1, 0.15) is 6.61 Å². The van der Waals surface area contributed by atoms with Gasteiger partial charge in [0.2, 0.25) is 0 Å². The number of hydrogen-bond acceptors (Lipinski definition) is 2. The molecule has 0 heterocycles. The molecule has 3 heteroatoms. The van der Waals surface area contributed by atoms with Crippen LogP contribution in [-0.2, 0) is 9.53 Å². The largest absolute Gasteiger partial charge is 0.478 e. The highest BCUT2D eigenvalue weighted by Gasteiger charge is 2.07. The van der Waals surface area contributed by atoms with Crippen molar-refractivity contribution in [3.8, 4) is 11.8 Å². The van der Waals surface area contributed by atoms with Crippen LogP contribution in [0.3, 0.4) is 0 Å². The Bertz CT molecular complexity index is 435. The Hall–Kier alpha value is -2.05. The minimum atomic E-state index is -0.988. The van der Waals surface area contributed by atoms with Crippen LogP contribution in [0.4, 0.5) is 0 Å². The van der Waals surface area contributed by atoms with E-state index in [4.69, 9.17) is 9.84 Å². The van der Waals surface area contributed by atoms with Gasteiger partial charge in [-0.15, -0.1) is 0 Å². The quantitative estimate of drug-likeness (QED) is 0.619. The standard InChI is InChI=1S/C13H12O3/c1-16-10-6-5-9-12(13(14)15)11-7-3-2-4-8-11/h2-4,7-9H,10H2,1H3,(H,14,15)/b12-9+.